The van der Waals surface area contributed by atoms with Gasteiger partial charge in [0, 0.05) is 0 Å². The van der Waals surface area contributed by atoms with Gasteiger partial charge >= 0.3 is 12.1 Å². The zero-order chi connectivity index (χ0) is 11.0. The first kappa shape index (κ1) is 12.4. The van der Waals surface area contributed by atoms with Crippen molar-refractivity contribution >= 4 is 12.1 Å². The first-order chi connectivity index (χ1) is 6.65. The monoisotopic (exact) mass is 203 g/mol. The minimum Gasteiger partial charge on any atom is -0.467 e. The molecule has 0 bridgehead atoms. The molecule has 1 amide bonds. The number of alkyl carbamates (subject to hydrolysis) is 1. The Morgan fingerprint density at radius 1 is 1.64 bits per heavy atom. The zero-order valence-corrected chi connectivity index (χ0v) is 7.86. The first-order valence-electron chi connectivity index (χ1n) is 3.88. The third-order valence-electron chi connectivity index (χ3n) is 1.29. The summed E-state index contributed by atoms with van der Waals surface area (Å²) in [6, 6.07) is -1.10. The van der Waals surface area contributed by atoms with Gasteiger partial charge in [-0.05, 0) is 0 Å². The Hall–Kier alpha value is -1.56. The number of aliphatic hydroxyl groups is 1. The molecule has 14 heavy (non-hydrogen) atoms. The van der Waals surface area contributed by atoms with Crippen molar-refractivity contribution < 1.29 is 24.2 Å². The molecule has 0 unspecified atom stereocenters. The van der Waals surface area contributed by atoms with Crippen molar-refractivity contribution in [2.45, 2.75) is 6.04 Å². The van der Waals surface area contributed by atoms with E-state index in [1.165, 1.54) is 6.08 Å². The molecule has 0 aromatic carbocycles. The molecule has 0 fully saturated rings. The van der Waals surface area contributed by atoms with Gasteiger partial charge in [0.15, 0.2) is 6.04 Å². The van der Waals surface area contributed by atoms with Gasteiger partial charge in [-0.1, -0.05) is 12.7 Å². The van der Waals surface area contributed by atoms with E-state index in [1.54, 1.807) is 0 Å². The third kappa shape index (κ3) is 4.46. The number of methoxy groups -OCH3 is 1. The molecule has 0 spiro atoms. The van der Waals surface area contributed by atoms with Crippen molar-refractivity contribution in [1.82, 2.24) is 5.32 Å². The van der Waals surface area contributed by atoms with Crippen LogP contribution in [0.2, 0.25) is 0 Å². The Labute approximate surface area is 81.5 Å². The average Bonchev–Trinajstić information content (AvgIpc) is 2.21. The summed E-state index contributed by atoms with van der Waals surface area (Å²) in [7, 11) is 1.15. The van der Waals surface area contributed by atoms with Gasteiger partial charge in [-0.2, -0.15) is 0 Å². The number of ether oxygens (including phenoxy) is 2. The van der Waals surface area contributed by atoms with Crippen molar-refractivity contribution in [1.29, 1.82) is 0 Å². The Morgan fingerprint density at radius 2 is 2.29 bits per heavy atom. The number of carbonyl (C=O) groups is 2. The molecule has 0 saturated carbocycles. The van der Waals surface area contributed by atoms with Crippen LogP contribution in [0, 0.1) is 0 Å². The van der Waals surface area contributed by atoms with Gasteiger partial charge in [0.25, 0.3) is 0 Å². The van der Waals surface area contributed by atoms with Crippen molar-refractivity contribution in [3.05, 3.63) is 12.7 Å². The highest BCUT2D eigenvalue weighted by Gasteiger charge is 2.20. The summed E-state index contributed by atoms with van der Waals surface area (Å²) in [6.45, 7) is 2.82. The molecule has 2 N–H and O–H groups in total. The van der Waals surface area contributed by atoms with E-state index in [-0.39, 0.29) is 6.61 Å². The van der Waals surface area contributed by atoms with E-state index in [0.717, 1.165) is 7.11 Å². The molecule has 6 nitrogen and oxygen atoms in total. The fraction of sp³-hybridized carbons (Fsp3) is 0.500. The molecule has 1 atom stereocenters. The highest BCUT2D eigenvalue weighted by Crippen LogP contribution is 1.88. The minimum atomic E-state index is -1.10. The van der Waals surface area contributed by atoms with Gasteiger partial charge in [-0.25, -0.2) is 9.59 Å². The third-order valence-corrected chi connectivity index (χ3v) is 1.29. The molecule has 0 rings (SSSR count). The number of hydrogen-bond donors (Lipinski definition) is 2. The van der Waals surface area contributed by atoms with Gasteiger partial charge in [-0.15, -0.1) is 0 Å². The van der Waals surface area contributed by atoms with Gasteiger partial charge in [0.1, 0.15) is 6.61 Å². The number of aliphatic hydroxyl groups excluding tert-OH is 1. The lowest BCUT2D eigenvalue weighted by Gasteiger charge is -2.12. The maximum absolute atomic E-state index is 10.9. The van der Waals surface area contributed by atoms with Gasteiger partial charge < -0.3 is 19.9 Å². The first-order valence-corrected chi connectivity index (χ1v) is 3.88. The van der Waals surface area contributed by atoms with E-state index in [2.05, 4.69) is 21.4 Å². The van der Waals surface area contributed by atoms with E-state index < -0.39 is 24.7 Å². The second-order valence-electron chi connectivity index (χ2n) is 2.29. The van der Waals surface area contributed by atoms with Gasteiger partial charge in [0.05, 0.1) is 13.7 Å². The van der Waals surface area contributed by atoms with Crippen molar-refractivity contribution in [2.75, 3.05) is 20.3 Å². The molecule has 0 radical (unpaired) electrons. The molecule has 0 heterocycles. The van der Waals surface area contributed by atoms with E-state index in [9.17, 15) is 9.59 Å². The lowest BCUT2D eigenvalue weighted by atomic mass is 10.3. The quantitative estimate of drug-likeness (QED) is 0.462. The van der Waals surface area contributed by atoms with Crippen LogP contribution in [0.5, 0.6) is 0 Å². The van der Waals surface area contributed by atoms with Crippen LogP contribution in [-0.4, -0.2) is 43.5 Å². The van der Waals surface area contributed by atoms with Crippen LogP contribution in [0.3, 0.4) is 0 Å². The molecule has 80 valence electrons. The fourth-order valence-electron chi connectivity index (χ4n) is 0.640. The second-order valence-corrected chi connectivity index (χ2v) is 2.29. The SMILES string of the molecule is C=CCOC(=O)N[C@@H](CO)C(=O)OC. The highest BCUT2D eigenvalue weighted by molar-refractivity contribution is 5.81. The standard InChI is InChI=1S/C8H13NO5/c1-3-4-14-8(12)9-6(5-10)7(11)13-2/h3,6,10H,1,4-5H2,2H3,(H,9,12)/t6-/m0/s1. The molecule has 0 aliphatic heterocycles. The molecular weight excluding hydrogens is 190 g/mol. The molecule has 0 aliphatic rings. The predicted octanol–water partition coefficient (Wildman–Crippen LogP) is -0.568. The van der Waals surface area contributed by atoms with Crippen LogP contribution < -0.4 is 5.32 Å². The predicted molar refractivity (Wildman–Crippen MR) is 47.6 cm³/mol. The average molecular weight is 203 g/mol. The van der Waals surface area contributed by atoms with E-state index in [1.807, 2.05) is 0 Å². The van der Waals surface area contributed by atoms with E-state index in [4.69, 9.17) is 5.11 Å². The normalized spacial score (nSPS) is 11.3. The summed E-state index contributed by atoms with van der Waals surface area (Å²) in [5.74, 6) is -0.733. The van der Waals surface area contributed by atoms with E-state index >= 15 is 0 Å². The minimum absolute atomic E-state index is 0.0329. The van der Waals surface area contributed by atoms with Crippen LogP contribution in [-0.2, 0) is 14.3 Å². The fourth-order valence-corrected chi connectivity index (χ4v) is 0.640. The van der Waals surface area contributed by atoms with Crippen LogP contribution in [0.25, 0.3) is 0 Å². The topological polar surface area (TPSA) is 84.9 Å². The Balaban J connectivity index is 3.98. The number of amides is 1. The summed E-state index contributed by atoms with van der Waals surface area (Å²) in [5, 5.41) is 10.8. The van der Waals surface area contributed by atoms with Crippen LogP contribution in [0.1, 0.15) is 0 Å². The number of esters is 1. The lowest BCUT2D eigenvalue weighted by Crippen LogP contribution is -2.44. The summed E-state index contributed by atoms with van der Waals surface area (Å²) in [6.07, 6.45) is 0.570. The number of rotatable bonds is 5. The largest absolute Gasteiger partial charge is 0.467 e. The highest BCUT2D eigenvalue weighted by atomic mass is 16.6. The molecule has 0 aliphatic carbocycles. The smallest absolute Gasteiger partial charge is 0.408 e. The maximum Gasteiger partial charge on any atom is 0.408 e. The summed E-state index contributed by atoms with van der Waals surface area (Å²) in [5.41, 5.74) is 0. The number of hydrogen-bond acceptors (Lipinski definition) is 5. The number of carbonyl (C=O) groups excluding carboxylic acids is 2. The van der Waals surface area contributed by atoms with E-state index in [0.29, 0.717) is 0 Å². The van der Waals surface area contributed by atoms with Crippen molar-refractivity contribution in [2.24, 2.45) is 0 Å². The summed E-state index contributed by atoms with van der Waals surface area (Å²) >= 11 is 0. The lowest BCUT2D eigenvalue weighted by molar-refractivity contribution is -0.144. The van der Waals surface area contributed by atoms with Gasteiger partial charge in [0.2, 0.25) is 0 Å². The molecule has 0 aromatic rings. The molecule has 6 heteroatoms. The van der Waals surface area contributed by atoms with Crippen LogP contribution in [0.15, 0.2) is 12.7 Å². The van der Waals surface area contributed by atoms with Gasteiger partial charge in [-0.3, -0.25) is 0 Å². The Bertz CT molecular complexity index is 216. The molecule has 0 aromatic heterocycles. The number of nitrogens with one attached hydrogen (secondary N) is 1. The maximum atomic E-state index is 10.9. The van der Waals surface area contributed by atoms with Crippen molar-refractivity contribution in [3.63, 3.8) is 0 Å². The zero-order valence-electron chi connectivity index (χ0n) is 7.86. The second kappa shape index (κ2) is 6.90. The molecular formula is C8H13NO5. The molecule has 0 saturated heterocycles. The summed E-state index contributed by atoms with van der Waals surface area (Å²) < 4.78 is 8.85. The van der Waals surface area contributed by atoms with Crippen molar-refractivity contribution in [3.8, 4) is 0 Å². The van der Waals surface area contributed by atoms with Crippen LogP contribution >= 0.6 is 0 Å². The summed E-state index contributed by atoms with van der Waals surface area (Å²) in [4.78, 5) is 21.8. The Morgan fingerprint density at radius 3 is 2.71 bits per heavy atom. The van der Waals surface area contributed by atoms with Crippen LogP contribution in [0.4, 0.5) is 4.79 Å². The Kier molecular flexibility index (Phi) is 6.13.